The molecule has 0 saturated carbocycles. The van der Waals surface area contributed by atoms with Gasteiger partial charge in [0.05, 0.1) is 11.6 Å². The van der Waals surface area contributed by atoms with E-state index in [-0.39, 0.29) is 0 Å². The van der Waals surface area contributed by atoms with Crippen LogP contribution in [0.5, 0.6) is 0 Å². The molecule has 9 aromatic rings. The first-order valence-corrected chi connectivity index (χ1v) is 16.7. The second-order valence-electron chi connectivity index (χ2n) is 12.3. The van der Waals surface area contributed by atoms with Crippen molar-refractivity contribution in [3.8, 4) is 73.6 Å². The van der Waals surface area contributed by atoms with Crippen molar-refractivity contribution in [2.75, 3.05) is 0 Å². The zero-order chi connectivity index (χ0) is 34.1. The third kappa shape index (κ3) is 5.61. The maximum atomic E-state index is 9.80. The van der Waals surface area contributed by atoms with Gasteiger partial charge in [0.1, 0.15) is 11.2 Å². The topological polar surface area (TPSA) is 75.6 Å². The molecule has 0 amide bonds. The van der Waals surface area contributed by atoms with E-state index in [4.69, 9.17) is 19.4 Å². The van der Waals surface area contributed by atoms with Crippen LogP contribution in [-0.4, -0.2) is 15.0 Å². The summed E-state index contributed by atoms with van der Waals surface area (Å²) in [4.78, 5) is 15.2. The first kappa shape index (κ1) is 29.9. The lowest BCUT2D eigenvalue weighted by atomic mass is 9.98. The number of nitrogens with zero attached hydrogens (tertiary/aromatic N) is 4. The minimum atomic E-state index is 0.535. The molecule has 238 valence electrons. The molecule has 0 bridgehead atoms. The first-order valence-electron chi connectivity index (χ1n) is 16.7. The monoisotopic (exact) mass is 652 g/mol. The predicted octanol–water partition coefficient (Wildman–Crippen LogP) is 11.6. The van der Waals surface area contributed by atoms with Crippen LogP contribution in [-0.2, 0) is 0 Å². The van der Waals surface area contributed by atoms with Crippen LogP contribution in [0, 0.1) is 11.3 Å². The van der Waals surface area contributed by atoms with Crippen LogP contribution < -0.4 is 0 Å². The second-order valence-corrected chi connectivity index (χ2v) is 12.3. The van der Waals surface area contributed by atoms with Gasteiger partial charge in [-0.15, -0.1) is 0 Å². The molecule has 0 spiro atoms. The highest BCUT2D eigenvalue weighted by atomic mass is 16.3. The van der Waals surface area contributed by atoms with E-state index in [1.54, 1.807) is 0 Å². The van der Waals surface area contributed by atoms with Crippen LogP contribution in [0.2, 0.25) is 0 Å². The van der Waals surface area contributed by atoms with E-state index < -0.39 is 0 Å². The zero-order valence-corrected chi connectivity index (χ0v) is 27.4. The van der Waals surface area contributed by atoms with Crippen molar-refractivity contribution in [2.45, 2.75) is 0 Å². The van der Waals surface area contributed by atoms with E-state index >= 15 is 0 Å². The molecule has 0 atom stereocenters. The smallest absolute Gasteiger partial charge is 0.164 e. The van der Waals surface area contributed by atoms with E-state index in [0.717, 1.165) is 72.0 Å². The third-order valence-electron chi connectivity index (χ3n) is 9.18. The number of furan rings is 1. The summed E-state index contributed by atoms with van der Waals surface area (Å²) in [5.41, 5.74) is 10.9. The third-order valence-corrected chi connectivity index (χ3v) is 9.18. The Kier molecular flexibility index (Phi) is 7.46. The molecule has 7 aromatic carbocycles. The van der Waals surface area contributed by atoms with Gasteiger partial charge in [-0.2, -0.15) is 5.26 Å². The van der Waals surface area contributed by atoms with Crippen LogP contribution in [0.1, 0.15) is 5.56 Å². The summed E-state index contributed by atoms with van der Waals surface area (Å²) in [5, 5.41) is 11.9. The SMILES string of the molecule is N#Cc1ccccc1-c1cccc(-c2nc(-c3cccc(-c4ccccc4)c3)nc(-c3ccc4c(c3)oc3cccc(-c5ccccc5)c34)n2)c1. The summed E-state index contributed by atoms with van der Waals surface area (Å²) in [6, 6.07) is 59.2. The number of fused-ring (bicyclic) bond motifs is 3. The minimum absolute atomic E-state index is 0.535. The van der Waals surface area contributed by atoms with Crippen molar-refractivity contribution in [2.24, 2.45) is 0 Å². The van der Waals surface area contributed by atoms with E-state index in [1.165, 1.54) is 0 Å². The predicted molar refractivity (Wildman–Crippen MR) is 204 cm³/mol. The highest BCUT2D eigenvalue weighted by molar-refractivity contribution is 6.13. The summed E-state index contributed by atoms with van der Waals surface area (Å²) in [7, 11) is 0. The zero-order valence-electron chi connectivity index (χ0n) is 27.4. The van der Waals surface area contributed by atoms with Crippen LogP contribution in [0.25, 0.3) is 89.5 Å². The summed E-state index contributed by atoms with van der Waals surface area (Å²) in [6.45, 7) is 0. The van der Waals surface area contributed by atoms with Gasteiger partial charge in [0, 0.05) is 27.5 Å². The van der Waals surface area contributed by atoms with Crippen LogP contribution >= 0.6 is 0 Å². The molecule has 0 saturated heterocycles. The molecule has 0 aliphatic carbocycles. The van der Waals surface area contributed by atoms with Gasteiger partial charge < -0.3 is 4.42 Å². The number of hydrogen-bond donors (Lipinski definition) is 0. The fraction of sp³-hybridized carbons (Fsp3) is 0. The van der Waals surface area contributed by atoms with Gasteiger partial charge in [-0.05, 0) is 69.8 Å². The molecule has 9 rings (SSSR count). The quantitative estimate of drug-likeness (QED) is 0.179. The van der Waals surface area contributed by atoms with Crippen LogP contribution in [0.15, 0.2) is 174 Å². The Morgan fingerprint density at radius 1 is 0.392 bits per heavy atom. The standard InChI is InChI=1S/C46H28N4O/c47-29-37-16-7-8-21-38(37)33-18-10-20-35(27-33)45-48-44(34-19-9-17-32(26-34)30-12-3-1-4-13-30)49-46(50-45)36-24-25-40-42(28-36)51-41-23-11-22-39(43(40)41)31-14-5-2-6-15-31/h1-28H. The minimum Gasteiger partial charge on any atom is -0.456 e. The Balaban J connectivity index is 1.21. The number of aromatic nitrogens is 3. The molecule has 0 aliphatic heterocycles. The molecule has 0 aliphatic rings. The molecule has 2 aromatic heterocycles. The molecule has 5 heteroatoms. The van der Waals surface area contributed by atoms with Crippen molar-refractivity contribution < 1.29 is 4.42 Å². The lowest BCUT2D eigenvalue weighted by Gasteiger charge is -2.11. The van der Waals surface area contributed by atoms with Crippen molar-refractivity contribution in [3.05, 3.63) is 175 Å². The highest BCUT2D eigenvalue weighted by Crippen LogP contribution is 2.38. The van der Waals surface area contributed by atoms with Crippen molar-refractivity contribution in [3.63, 3.8) is 0 Å². The van der Waals surface area contributed by atoms with Gasteiger partial charge in [0.25, 0.3) is 0 Å². The van der Waals surface area contributed by atoms with Crippen molar-refractivity contribution in [1.29, 1.82) is 5.26 Å². The van der Waals surface area contributed by atoms with E-state index in [9.17, 15) is 5.26 Å². The van der Waals surface area contributed by atoms with Crippen molar-refractivity contribution in [1.82, 2.24) is 15.0 Å². The van der Waals surface area contributed by atoms with Gasteiger partial charge in [-0.25, -0.2) is 15.0 Å². The average molecular weight is 653 g/mol. The van der Waals surface area contributed by atoms with Crippen LogP contribution in [0.4, 0.5) is 0 Å². The van der Waals surface area contributed by atoms with Crippen molar-refractivity contribution >= 4 is 21.9 Å². The molecule has 51 heavy (non-hydrogen) atoms. The van der Waals surface area contributed by atoms with E-state index in [1.807, 2.05) is 103 Å². The van der Waals surface area contributed by atoms with Gasteiger partial charge >= 0.3 is 0 Å². The van der Waals surface area contributed by atoms with Gasteiger partial charge in [-0.1, -0.05) is 133 Å². The number of benzene rings is 7. The van der Waals surface area contributed by atoms with Crippen LogP contribution in [0.3, 0.4) is 0 Å². The molecule has 0 radical (unpaired) electrons. The Labute approximate surface area is 294 Å². The lowest BCUT2D eigenvalue weighted by Crippen LogP contribution is -2.00. The Morgan fingerprint density at radius 3 is 1.63 bits per heavy atom. The van der Waals surface area contributed by atoms with E-state index in [0.29, 0.717) is 23.0 Å². The first-order chi connectivity index (χ1) is 25.2. The summed E-state index contributed by atoms with van der Waals surface area (Å²) in [6.07, 6.45) is 0. The molecule has 0 fully saturated rings. The number of hydrogen-bond acceptors (Lipinski definition) is 5. The normalized spacial score (nSPS) is 11.1. The summed E-state index contributed by atoms with van der Waals surface area (Å²) >= 11 is 0. The fourth-order valence-corrected chi connectivity index (χ4v) is 6.71. The number of nitriles is 1. The lowest BCUT2D eigenvalue weighted by molar-refractivity contribution is 0.669. The average Bonchev–Trinajstić information content (AvgIpc) is 3.60. The van der Waals surface area contributed by atoms with E-state index in [2.05, 4.69) is 72.8 Å². The molecule has 0 N–H and O–H groups in total. The Morgan fingerprint density at radius 2 is 0.922 bits per heavy atom. The highest BCUT2D eigenvalue weighted by Gasteiger charge is 2.17. The molecule has 5 nitrogen and oxygen atoms in total. The summed E-state index contributed by atoms with van der Waals surface area (Å²) < 4.78 is 6.46. The molecule has 0 unspecified atom stereocenters. The maximum absolute atomic E-state index is 9.80. The van der Waals surface area contributed by atoms with Gasteiger partial charge in [0.2, 0.25) is 0 Å². The Bertz CT molecular complexity index is 2760. The largest absolute Gasteiger partial charge is 0.456 e. The molecule has 2 heterocycles. The fourth-order valence-electron chi connectivity index (χ4n) is 6.71. The summed E-state index contributed by atoms with van der Waals surface area (Å²) in [5.74, 6) is 1.63. The molecular weight excluding hydrogens is 625 g/mol. The Hall–Kier alpha value is -7.16. The van der Waals surface area contributed by atoms with Gasteiger partial charge in [0.15, 0.2) is 17.5 Å². The van der Waals surface area contributed by atoms with Gasteiger partial charge in [-0.3, -0.25) is 0 Å². The molecular formula is C46H28N4O. The maximum Gasteiger partial charge on any atom is 0.164 e. The number of rotatable bonds is 6. The second kappa shape index (κ2) is 12.7.